The molecule has 1 aliphatic rings. The lowest BCUT2D eigenvalue weighted by molar-refractivity contribution is -0.119. The van der Waals surface area contributed by atoms with Crippen LogP contribution in [-0.4, -0.2) is 36.5 Å². The highest BCUT2D eigenvalue weighted by Crippen LogP contribution is 2.04. The van der Waals surface area contributed by atoms with Crippen LogP contribution in [0.1, 0.15) is 26.2 Å². The SMILES string of the molecule is CCCSCC(=O)NC1CCNCC1. The van der Waals surface area contributed by atoms with Crippen LogP contribution in [0.25, 0.3) is 0 Å². The Balaban J connectivity index is 2.06. The minimum Gasteiger partial charge on any atom is -0.353 e. The van der Waals surface area contributed by atoms with E-state index in [9.17, 15) is 4.79 Å². The molecule has 0 radical (unpaired) electrons. The quantitative estimate of drug-likeness (QED) is 0.674. The van der Waals surface area contributed by atoms with Gasteiger partial charge < -0.3 is 10.6 Å². The maximum Gasteiger partial charge on any atom is 0.230 e. The van der Waals surface area contributed by atoms with Gasteiger partial charge >= 0.3 is 0 Å². The molecule has 1 heterocycles. The molecule has 0 saturated carbocycles. The van der Waals surface area contributed by atoms with E-state index in [2.05, 4.69) is 17.6 Å². The third-order valence-corrected chi connectivity index (χ3v) is 3.45. The smallest absolute Gasteiger partial charge is 0.230 e. The van der Waals surface area contributed by atoms with Gasteiger partial charge in [-0.1, -0.05) is 6.92 Å². The van der Waals surface area contributed by atoms with E-state index in [0.29, 0.717) is 11.8 Å². The molecule has 82 valence electrons. The van der Waals surface area contributed by atoms with E-state index >= 15 is 0 Å². The van der Waals surface area contributed by atoms with Crippen molar-refractivity contribution in [1.29, 1.82) is 0 Å². The summed E-state index contributed by atoms with van der Waals surface area (Å²) in [7, 11) is 0. The maximum absolute atomic E-state index is 11.4. The van der Waals surface area contributed by atoms with Crippen molar-refractivity contribution in [3.63, 3.8) is 0 Å². The number of amides is 1. The van der Waals surface area contributed by atoms with Gasteiger partial charge in [0.15, 0.2) is 0 Å². The largest absolute Gasteiger partial charge is 0.353 e. The summed E-state index contributed by atoms with van der Waals surface area (Å²) >= 11 is 1.72. The van der Waals surface area contributed by atoms with E-state index in [1.807, 2.05) is 0 Å². The predicted molar refractivity (Wildman–Crippen MR) is 61.7 cm³/mol. The molecule has 1 saturated heterocycles. The summed E-state index contributed by atoms with van der Waals surface area (Å²) in [4.78, 5) is 11.4. The number of carbonyl (C=O) groups is 1. The first-order valence-electron chi connectivity index (χ1n) is 5.40. The third-order valence-electron chi connectivity index (χ3n) is 2.29. The average Bonchev–Trinajstić information content (AvgIpc) is 2.20. The number of thioether (sulfide) groups is 1. The second-order valence-corrected chi connectivity index (χ2v) is 4.75. The second kappa shape index (κ2) is 7.12. The molecule has 0 bridgehead atoms. The molecule has 0 aromatic rings. The summed E-state index contributed by atoms with van der Waals surface area (Å²) in [6.45, 7) is 4.21. The zero-order valence-electron chi connectivity index (χ0n) is 8.84. The maximum atomic E-state index is 11.4. The van der Waals surface area contributed by atoms with Crippen LogP contribution in [-0.2, 0) is 4.79 Å². The molecule has 4 heteroatoms. The summed E-state index contributed by atoms with van der Waals surface area (Å²) in [5.41, 5.74) is 0. The highest BCUT2D eigenvalue weighted by atomic mass is 32.2. The minimum atomic E-state index is 0.204. The number of rotatable bonds is 5. The Morgan fingerprint density at radius 1 is 1.50 bits per heavy atom. The molecule has 2 N–H and O–H groups in total. The van der Waals surface area contributed by atoms with Crippen LogP contribution in [0.2, 0.25) is 0 Å². The Morgan fingerprint density at radius 3 is 2.86 bits per heavy atom. The summed E-state index contributed by atoms with van der Waals surface area (Å²) in [5, 5.41) is 6.36. The molecule has 1 fully saturated rings. The Bertz CT molecular complexity index is 170. The second-order valence-electron chi connectivity index (χ2n) is 3.64. The number of nitrogens with one attached hydrogen (secondary N) is 2. The van der Waals surface area contributed by atoms with Crippen molar-refractivity contribution in [3.8, 4) is 0 Å². The van der Waals surface area contributed by atoms with Gasteiger partial charge in [-0.15, -0.1) is 0 Å². The number of hydrogen-bond donors (Lipinski definition) is 2. The van der Waals surface area contributed by atoms with Crippen molar-refractivity contribution in [2.24, 2.45) is 0 Å². The number of piperidine rings is 1. The lowest BCUT2D eigenvalue weighted by Crippen LogP contribution is -2.43. The lowest BCUT2D eigenvalue weighted by atomic mass is 10.1. The summed E-state index contributed by atoms with van der Waals surface area (Å²) in [6.07, 6.45) is 3.29. The fourth-order valence-corrected chi connectivity index (χ4v) is 2.25. The summed E-state index contributed by atoms with van der Waals surface area (Å²) in [6, 6.07) is 0.408. The molecule has 0 aliphatic carbocycles. The molecule has 0 aromatic carbocycles. The molecule has 1 aliphatic heterocycles. The highest BCUT2D eigenvalue weighted by molar-refractivity contribution is 7.99. The zero-order valence-corrected chi connectivity index (χ0v) is 9.66. The van der Waals surface area contributed by atoms with E-state index in [1.165, 1.54) is 0 Å². The molecular weight excluding hydrogens is 196 g/mol. The Morgan fingerprint density at radius 2 is 2.21 bits per heavy atom. The van der Waals surface area contributed by atoms with Gasteiger partial charge in [0.25, 0.3) is 0 Å². The van der Waals surface area contributed by atoms with Crippen molar-refractivity contribution < 1.29 is 4.79 Å². The zero-order chi connectivity index (χ0) is 10.2. The summed E-state index contributed by atoms with van der Waals surface area (Å²) in [5.74, 6) is 1.91. The van der Waals surface area contributed by atoms with E-state index in [1.54, 1.807) is 11.8 Å². The van der Waals surface area contributed by atoms with Gasteiger partial charge in [0.1, 0.15) is 0 Å². The molecule has 0 unspecified atom stereocenters. The van der Waals surface area contributed by atoms with Crippen LogP contribution in [0.5, 0.6) is 0 Å². The molecule has 1 amide bonds. The molecule has 0 atom stereocenters. The Hall–Kier alpha value is -0.220. The van der Waals surface area contributed by atoms with Crippen LogP contribution in [0.3, 0.4) is 0 Å². The first-order valence-corrected chi connectivity index (χ1v) is 6.56. The molecule has 0 aromatic heterocycles. The van der Waals surface area contributed by atoms with E-state index in [-0.39, 0.29) is 5.91 Å². The Labute approximate surface area is 90.4 Å². The summed E-state index contributed by atoms with van der Waals surface area (Å²) < 4.78 is 0. The van der Waals surface area contributed by atoms with Crippen molar-refractivity contribution >= 4 is 17.7 Å². The van der Waals surface area contributed by atoms with E-state index < -0.39 is 0 Å². The lowest BCUT2D eigenvalue weighted by Gasteiger charge is -2.23. The van der Waals surface area contributed by atoms with Gasteiger partial charge in [-0.25, -0.2) is 0 Å². The van der Waals surface area contributed by atoms with Gasteiger partial charge in [-0.05, 0) is 38.1 Å². The van der Waals surface area contributed by atoms with Gasteiger partial charge in [0.05, 0.1) is 5.75 Å². The van der Waals surface area contributed by atoms with Gasteiger partial charge in [-0.2, -0.15) is 11.8 Å². The number of carbonyl (C=O) groups excluding carboxylic acids is 1. The fourth-order valence-electron chi connectivity index (χ4n) is 1.54. The van der Waals surface area contributed by atoms with Crippen LogP contribution in [0.4, 0.5) is 0 Å². The predicted octanol–water partition coefficient (Wildman–Crippen LogP) is 0.998. The van der Waals surface area contributed by atoms with E-state index in [4.69, 9.17) is 0 Å². The van der Waals surface area contributed by atoms with Crippen molar-refractivity contribution in [2.45, 2.75) is 32.2 Å². The van der Waals surface area contributed by atoms with Crippen molar-refractivity contribution in [2.75, 3.05) is 24.6 Å². The standard InChI is InChI=1S/C10H20N2OS/c1-2-7-14-8-10(13)12-9-3-5-11-6-4-9/h9,11H,2-8H2,1H3,(H,12,13). The topological polar surface area (TPSA) is 41.1 Å². The number of hydrogen-bond acceptors (Lipinski definition) is 3. The van der Waals surface area contributed by atoms with Gasteiger partial charge in [0, 0.05) is 6.04 Å². The molecule has 3 nitrogen and oxygen atoms in total. The van der Waals surface area contributed by atoms with Crippen LogP contribution >= 0.6 is 11.8 Å². The monoisotopic (exact) mass is 216 g/mol. The van der Waals surface area contributed by atoms with E-state index in [0.717, 1.165) is 38.1 Å². The normalized spacial score (nSPS) is 18.1. The molecule has 1 rings (SSSR count). The first-order chi connectivity index (χ1) is 6.83. The first kappa shape index (κ1) is 11.9. The highest BCUT2D eigenvalue weighted by Gasteiger charge is 2.14. The minimum absolute atomic E-state index is 0.204. The van der Waals surface area contributed by atoms with Crippen LogP contribution in [0, 0.1) is 0 Å². The molecule has 0 spiro atoms. The van der Waals surface area contributed by atoms with Crippen LogP contribution in [0.15, 0.2) is 0 Å². The van der Waals surface area contributed by atoms with Gasteiger partial charge in [-0.3, -0.25) is 4.79 Å². The molecular formula is C10H20N2OS. The van der Waals surface area contributed by atoms with Crippen LogP contribution < -0.4 is 10.6 Å². The van der Waals surface area contributed by atoms with Gasteiger partial charge in [0.2, 0.25) is 5.91 Å². The molecule has 14 heavy (non-hydrogen) atoms. The average molecular weight is 216 g/mol. The van der Waals surface area contributed by atoms with Crippen molar-refractivity contribution in [1.82, 2.24) is 10.6 Å². The Kier molecular flexibility index (Phi) is 6.03. The van der Waals surface area contributed by atoms with Crippen molar-refractivity contribution in [3.05, 3.63) is 0 Å². The third kappa shape index (κ3) is 4.86. The fraction of sp³-hybridized carbons (Fsp3) is 0.900.